The number of rotatable bonds is 5. The number of halogens is 2. The van der Waals surface area contributed by atoms with Crippen LogP contribution in [-0.2, 0) is 0 Å². The minimum absolute atomic E-state index is 0.0590. The fourth-order valence-electron chi connectivity index (χ4n) is 4.72. The highest BCUT2D eigenvalue weighted by Gasteiger charge is 2.43. The molecule has 2 atom stereocenters. The van der Waals surface area contributed by atoms with E-state index in [0.717, 1.165) is 30.4 Å². The molecule has 0 radical (unpaired) electrons. The molecule has 3 aromatic rings. The van der Waals surface area contributed by atoms with Gasteiger partial charge in [0.25, 0.3) is 5.91 Å². The molecule has 4 heterocycles. The topological polar surface area (TPSA) is 89.3 Å². The van der Waals surface area contributed by atoms with Gasteiger partial charge >= 0.3 is 6.61 Å². The average molecular weight is 455 g/mol. The Morgan fingerprint density at radius 1 is 1.00 bits per heavy atom. The number of amides is 1. The second-order valence-electron chi connectivity index (χ2n) is 8.46. The maximum absolute atomic E-state index is 13.4. The minimum Gasteiger partial charge on any atom is -0.435 e. The van der Waals surface area contributed by atoms with Crippen LogP contribution in [0, 0.1) is 25.7 Å². The monoisotopic (exact) mass is 455 g/mol. The number of likely N-dealkylation sites (tertiary alicyclic amines) is 1. The van der Waals surface area contributed by atoms with E-state index in [9.17, 15) is 13.6 Å². The van der Waals surface area contributed by atoms with Crippen molar-refractivity contribution >= 4 is 11.9 Å². The molecule has 172 valence electrons. The highest BCUT2D eigenvalue weighted by molar-refractivity contribution is 5.98. The van der Waals surface area contributed by atoms with Crippen LogP contribution in [0.15, 0.2) is 36.7 Å². The molecule has 0 aliphatic carbocycles. The van der Waals surface area contributed by atoms with Gasteiger partial charge in [-0.25, -0.2) is 9.97 Å². The molecule has 33 heavy (non-hydrogen) atoms. The summed E-state index contributed by atoms with van der Waals surface area (Å²) in [6.45, 7) is 3.72. The SMILES string of the molecule is Cc1cc(C)nc(N2CC3CN(C(=O)c4ccc(OC(F)F)cc4-n4nccn4)CC3C2)n1. The number of nitrogens with zero attached hydrogens (tertiary/aromatic N) is 7. The number of carbonyl (C=O) groups excluding carboxylic acids is 1. The maximum atomic E-state index is 13.4. The highest BCUT2D eigenvalue weighted by atomic mass is 19.3. The number of aromatic nitrogens is 5. The van der Waals surface area contributed by atoms with Crippen molar-refractivity contribution in [2.24, 2.45) is 11.8 Å². The van der Waals surface area contributed by atoms with Crippen molar-refractivity contribution in [1.82, 2.24) is 29.9 Å². The molecule has 2 fully saturated rings. The number of anilines is 1. The zero-order valence-corrected chi connectivity index (χ0v) is 18.2. The van der Waals surface area contributed by atoms with E-state index < -0.39 is 6.61 Å². The Bertz CT molecular complexity index is 1140. The number of benzene rings is 1. The van der Waals surface area contributed by atoms with Crippen molar-refractivity contribution in [3.63, 3.8) is 0 Å². The van der Waals surface area contributed by atoms with Crippen LogP contribution in [0.3, 0.4) is 0 Å². The van der Waals surface area contributed by atoms with E-state index in [0.29, 0.717) is 36.2 Å². The lowest BCUT2D eigenvalue weighted by molar-refractivity contribution is -0.0498. The van der Waals surface area contributed by atoms with Crippen molar-refractivity contribution in [3.8, 4) is 11.4 Å². The molecule has 2 unspecified atom stereocenters. The number of hydrogen-bond acceptors (Lipinski definition) is 7. The van der Waals surface area contributed by atoms with Gasteiger partial charge in [0.05, 0.1) is 18.0 Å². The summed E-state index contributed by atoms with van der Waals surface area (Å²) in [6, 6.07) is 6.16. The Balaban J connectivity index is 1.34. The lowest BCUT2D eigenvalue weighted by atomic mass is 10.0. The molecule has 2 aliphatic rings. The number of fused-ring (bicyclic) bond motifs is 1. The Hall–Kier alpha value is -3.63. The molecular weight excluding hydrogens is 432 g/mol. The molecule has 1 amide bonds. The predicted molar refractivity (Wildman–Crippen MR) is 115 cm³/mol. The zero-order valence-electron chi connectivity index (χ0n) is 18.2. The third-order valence-corrected chi connectivity index (χ3v) is 6.09. The largest absolute Gasteiger partial charge is 0.435 e. The van der Waals surface area contributed by atoms with Crippen LogP contribution in [0.5, 0.6) is 5.75 Å². The molecule has 9 nitrogen and oxygen atoms in total. The molecule has 0 saturated carbocycles. The number of alkyl halides is 2. The van der Waals surface area contributed by atoms with E-state index in [1.54, 1.807) is 0 Å². The van der Waals surface area contributed by atoms with Gasteiger partial charge in [0.2, 0.25) is 5.95 Å². The highest BCUT2D eigenvalue weighted by Crippen LogP contribution is 2.34. The molecule has 2 aliphatic heterocycles. The van der Waals surface area contributed by atoms with Crippen molar-refractivity contribution in [2.75, 3.05) is 31.1 Å². The van der Waals surface area contributed by atoms with Crippen LogP contribution >= 0.6 is 0 Å². The van der Waals surface area contributed by atoms with E-state index in [-0.39, 0.29) is 11.7 Å². The van der Waals surface area contributed by atoms with Crippen molar-refractivity contribution in [3.05, 3.63) is 53.6 Å². The molecule has 2 aromatic heterocycles. The number of ether oxygens (including phenoxy) is 1. The van der Waals surface area contributed by atoms with E-state index in [1.165, 1.54) is 35.4 Å². The minimum atomic E-state index is -2.97. The Kier molecular flexibility index (Phi) is 5.39. The zero-order chi connectivity index (χ0) is 23.1. The third-order valence-electron chi connectivity index (χ3n) is 6.09. The average Bonchev–Trinajstić information content (AvgIpc) is 3.48. The van der Waals surface area contributed by atoms with E-state index >= 15 is 0 Å². The lowest BCUT2D eigenvalue weighted by Gasteiger charge is -2.23. The first-order valence-electron chi connectivity index (χ1n) is 10.7. The molecule has 0 spiro atoms. The summed E-state index contributed by atoms with van der Waals surface area (Å²) in [5, 5.41) is 8.13. The molecule has 11 heteroatoms. The van der Waals surface area contributed by atoms with Crippen LogP contribution in [0.2, 0.25) is 0 Å². The van der Waals surface area contributed by atoms with Crippen LogP contribution in [0.25, 0.3) is 5.69 Å². The van der Waals surface area contributed by atoms with Gasteiger partial charge in [-0.1, -0.05) is 0 Å². The summed E-state index contributed by atoms with van der Waals surface area (Å²) in [4.78, 5) is 27.8. The molecule has 5 rings (SSSR count). The van der Waals surface area contributed by atoms with Crippen molar-refractivity contribution in [1.29, 1.82) is 0 Å². The number of hydrogen-bond donors (Lipinski definition) is 0. The normalized spacial score (nSPS) is 19.9. The van der Waals surface area contributed by atoms with Gasteiger partial charge in [-0.3, -0.25) is 4.79 Å². The standard InChI is InChI=1S/C22H23F2N7O2/c1-13-7-14(2)28-22(27-13)30-11-15-9-29(10-16(15)12-30)20(32)18-4-3-17(33-21(23)24)8-19(18)31-25-5-6-26-31/h3-8,15-16,21H,9-12H2,1-2H3. The quantitative estimate of drug-likeness (QED) is 0.584. The Morgan fingerprint density at radius 3 is 2.24 bits per heavy atom. The van der Waals surface area contributed by atoms with Gasteiger partial charge in [-0.15, -0.1) is 0 Å². The summed E-state index contributed by atoms with van der Waals surface area (Å²) >= 11 is 0. The van der Waals surface area contributed by atoms with E-state index in [1.807, 2.05) is 24.8 Å². The van der Waals surface area contributed by atoms with E-state index in [2.05, 4.69) is 29.8 Å². The second kappa shape index (κ2) is 8.38. The van der Waals surface area contributed by atoms with Gasteiger partial charge in [-0.05, 0) is 32.0 Å². The van der Waals surface area contributed by atoms with Crippen molar-refractivity contribution < 1.29 is 18.3 Å². The first-order valence-corrected chi connectivity index (χ1v) is 10.7. The van der Waals surface area contributed by atoms with Crippen LogP contribution in [-0.4, -0.2) is 68.6 Å². The van der Waals surface area contributed by atoms with Gasteiger partial charge in [0, 0.05) is 55.5 Å². The smallest absolute Gasteiger partial charge is 0.387 e. The number of aryl methyl sites for hydroxylation is 2. The molecule has 0 N–H and O–H groups in total. The summed E-state index contributed by atoms with van der Waals surface area (Å²) in [6.07, 6.45) is 2.91. The summed E-state index contributed by atoms with van der Waals surface area (Å²) in [7, 11) is 0. The van der Waals surface area contributed by atoms with Gasteiger partial charge in [-0.2, -0.15) is 23.8 Å². The third kappa shape index (κ3) is 4.22. The maximum Gasteiger partial charge on any atom is 0.387 e. The number of carbonyl (C=O) groups is 1. The lowest BCUT2D eigenvalue weighted by Crippen LogP contribution is -2.34. The summed E-state index contributed by atoms with van der Waals surface area (Å²) < 4.78 is 29.9. The molecular formula is C22H23F2N7O2. The van der Waals surface area contributed by atoms with Crippen molar-refractivity contribution in [2.45, 2.75) is 20.5 Å². The van der Waals surface area contributed by atoms with Gasteiger partial charge < -0.3 is 14.5 Å². The fraction of sp³-hybridized carbons (Fsp3) is 0.409. The van der Waals surface area contributed by atoms with E-state index in [4.69, 9.17) is 0 Å². The Morgan fingerprint density at radius 2 is 1.64 bits per heavy atom. The summed E-state index contributed by atoms with van der Waals surface area (Å²) in [5.74, 6) is 1.12. The second-order valence-corrected chi connectivity index (χ2v) is 8.46. The van der Waals surface area contributed by atoms with Crippen LogP contribution < -0.4 is 9.64 Å². The first kappa shape index (κ1) is 21.2. The summed E-state index contributed by atoms with van der Waals surface area (Å²) in [5.41, 5.74) is 2.50. The van der Waals surface area contributed by atoms with Gasteiger partial charge in [0.15, 0.2) is 0 Å². The van der Waals surface area contributed by atoms with Gasteiger partial charge in [0.1, 0.15) is 11.4 Å². The fourth-order valence-corrected chi connectivity index (χ4v) is 4.72. The predicted octanol–water partition coefficient (Wildman–Crippen LogP) is 2.48. The first-order chi connectivity index (χ1) is 15.9. The molecule has 2 saturated heterocycles. The van der Waals surface area contributed by atoms with Crippen LogP contribution in [0.4, 0.5) is 14.7 Å². The Labute approximate surface area is 189 Å². The molecule has 1 aromatic carbocycles. The molecule has 0 bridgehead atoms. The van der Waals surface area contributed by atoms with Crippen LogP contribution in [0.1, 0.15) is 21.7 Å².